The number of nitrogens with one attached hydrogen (secondary N) is 6. The maximum Gasteiger partial charge on any atom is 0.303 e. The normalized spacial score (nSPS) is 24.4. The highest BCUT2D eigenvalue weighted by Gasteiger charge is 2.35. The summed E-state index contributed by atoms with van der Waals surface area (Å²) in [5.74, 6) is -4.85. The predicted molar refractivity (Wildman–Crippen MR) is 158 cm³/mol. The van der Waals surface area contributed by atoms with E-state index in [4.69, 9.17) is 0 Å². The smallest absolute Gasteiger partial charge is 0.303 e. The molecule has 3 rings (SSSR count). The van der Waals surface area contributed by atoms with E-state index in [1.165, 1.54) is 6.92 Å². The molecule has 0 aliphatic carbocycles. The second kappa shape index (κ2) is 14.7. The lowest BCUT2D eigenvalue weighted by Gasteiger charge is -2.27. The van der Waals surface area contributed by atoms with Gasteiger partial charge in [-0.05, 0) is 43.2 Å². The predicted octanol–water partition coefficient (Wildman–Crippen LogP) is 0.735. The highest BCUT2D eigenvalue weighted by Crippen LogP contribution is 2.20. The van der Waals surface area contributed by atoms with E-state index >= 15 is 0 Å². The number of fused-ring (bicyclic) bond motifs is 1. The molecule has 1 fully saturated rings. The molecule has 13 nitrogen and oxygen atoms in total. The van der Waals surface area contributed by atoms with Gasteiger partial charge >= 0.3 is 5.97 Å². The van der Waals surface area contributed by atoms with Crippen molar-refractivity contribution in [2.75, 3.05) is 0 Å². The number of H-pyrrole nitrogens is 1. The van der Waals surface area contributed by atoms with Crippen LogP contribution in [0, 0.1) is 11.8 Å². The Hall–Kier alpha value is -4.42. The van der Waals surface area contributed by atoms with Crippen LogP contribution in [0.5, 0.6) is 0 Å². The largest absolute Gasteiger partial charge is 0.481 e. The van der Waals surface area contributed by atoms with Crippen LogP contribution in [0.1, 0.15) is 59.4 Å². The third kappa shape index (κ3) is 9.03. The standard InChI is InChI=1S/C30H42N6O7/c1-15(2)12-22-28(41)34-23(13-18-14-31-20-9-7-6-8-19(18)20)29(42)33-21(10-11-24(37)38)27(40)32-17(5)26(39)36-25(16(3)4)30(43)35-22/h6-9,14-17,21-23,25,31H,10-13H2,1-5H3,(H,32,40)(H,33,42)(H,34,41)(H,35,43)(H,36,39)(H,37,38)/t17-,21+,22+,23-,25-/m0/s1. The Morgan fingerprint density at radius 1 is 0.791 bits per heavy atom. The highest BCUT2D eigenvalue weighted by molar-refractivity contribution is 5.98. The van der Waals surface area contributed by atoms with Crippen molar-refractivity contribution in [3.8, 4) is 0 Å². The summed E-state index contributed by atoms with van der Waals surface area (Å²) in [4.78, 5) is 81.4. The second-order valence-corrected chi connectivity index (χ2v) is 11.8. The number of rotatable bonds is 8. The zero-order valence-electron chi connectivity index (χ0n) is 25.2. The summed E-state index contributed by atoms with van der Waals surface area (Å²) >= 11 is 0. The number of aliphatic carboxylic acids is 1. The minimum absolute atomic E-state index is 0.00615. The van der Waals surface area contributed by atoms with Crippen LogP contribution in [0.3, 0.4) is 0 Å². The summed E-state index contributed by atoms with van der Waals surface area (Å²) in [6.45, 7) is 8.67. The van der Waals surface area contributed by atoms with E-state index in [1.807, 2.05) is 38.1 Å². The highest BCUT2D eigenvalue weighted by atomic mass is 16.4. The molecular weight excluding hydrogens is 556 g/mol. The molecule has 0 radical (unpaired) electrons. The van der Waals surface area contributed by atoms with Crippen molar-refractivity contribution in [3.63, 3.8) is 0 Å². The molecule has 234 valence electrons. The van der Waals surface area contributed by atoms with Gasteiger partial charge in [0.2, 0.25) is 29.5 Å². The van der Waals surface area contributed by atoms with Crippen molar-refractivity contribution in [1.29, 1.82) is 0 Å². The fourth-order valence-electron chi connectivity index (χ4n) is 4.97. The van der Waals surface area contributed by atoms with Gasteiger partial charge in [-0.15, -0.1) is 0 Å². The summed E-state index contributed by atoms with van der Waals surface area (Å²) in [5, 5.41) is 23.4. The van der Waals surface area contributed by atoms with Crippen LogP contribution in [-0.2, 0) is 35.2 Å². The first-order chi connectivity index (χ1) is 20.3. The van der Waals surface area contributed by atoms with Gasteiger partial charge in [0.05, 0.1) is 0 Å². The van der Waals surface area contributed by atoms with Crippen molar-refractivity contribution < 1.29 is 33.9 Å². The number of carboxylic acids is 1. The number of amides is 5. The minimum Gasteiger partial charge on any atom is -0.481 e. The van der Waals surface area contributed by atoms with Gasteiger partial charge in [0.25, 0.3) is 0 Å². The van der Waals surface area contributed by atoms with Crippen molar-refractivity contribution in [1.82, 2.24) is 31.6 Å². The average Bonchev–Trinajstić information content (AvgIpc) is 3.34. The quantitative estimate of drug-likeness (QED) is 0.232. The number of carbonyl (C=O) groups is 6. The van der Waals surface area contributed by atoms with Gasteiger partial charge in [0.1, 0.15) is 30.2 Å². The Kier molecular flexibility index (Phi) is 11.3. The van der Waals surface area contributed by atoms with Gasteiger partial charge in [-0.2, -0.15) is 0 Å². The maximum absolute atomic E-state index is 13.7. The van der Waals surface area contributed by atoms with E-state index in [2.05, 4.69) is 31.6 Å². The molecule has 2 heterocycles. The summed E-state index contributed by atoms with van der Waals surface area (Å²) in [6.07, 6.45) is 1.36. The van der Waals surface area contributed by atoms with Crippen LogP contribution >= 0.6 is 0 Å². The van der Waals surface area contributed by atoms with Gasteiger partial charge in [0.15, 0.2) is 0 Å². The van der Waals surface area contributed by atoms with Gasteiger partial charge in [-0.25, -0.2) is 0 Å². The van der Waals surface area contributed by atoms with Crippen LogP contribution in [0.15, 0.2) is 30.5 Å². The third-order valence-corrected chi connectivity index (χ3v) is 7.35. The SMILES string of the molecule is CC(C)C[C@H]1NC(=O)[C@H](C(C)C)NC(=O)[C@H](C)NC(=O)[C@@H](CCC(=O)O)NC(=O)[C@H](Cc2c[nH]c3ccccc23)NC1=O. The van der Waals surface area contributed by atoms with Crippen molar-refractivity contribution >= 4 is 46.4 Å². The first-order valence-corrected chi connectivity index (χ1v) is 14.5. The number of aromatic amines is 1. The molecule has 0 saturated carbocycles. The summed E-state index contributed by atoms with van der Waals surface area (Å²) < 4.78 is 0. The van der Waals surface area contributed by atoms with Gasteiger partial charge in [-0.3, -0.25) is 28.8 Å². The average molecular weight is 599 g/mol. The van der Waals surface area contributed by atoms with E-state index in [0.29, 0.717) is 0 Å². The zero-order valence-corrected chi connectivity index (χ0v) is 25.2. The van der Waals surface area contributed by atoms with Gasteiger partial charge < -0.3 is 36.7 Å². The van der Waals surface area contributed by atoms with Crippen molar-refractivity contribution in [2.45, 2.75) is 90.5 Å². The summed E-state index contributed by atoms with van der Waals surface area (Å²) in [6, 6.07) is 1.82. The molecule has 0 bridgehead atoms. The van der Waals surface area contributed by atoms with Gasteiger partial charge in [-0.1, -0.05) is 45.9 Å². The van der Waals surface area contributed by atoms with Crippen molar-refractivity contribution in [2.24, 2.45) is 11.8 Å². The van der Waals surface area contributed by atoms with E-state index in [-0.39, 0.29) is 31.1 Å². The molecule has 43 heavy (non-hydrogen) atoms. The molecule has 1 aromatic carbocycles. The van der Waals surface area contributed by atoms with E-state index in [0.717, 1.165) is 16.5 Å². The number of para-hydroxylation sites is 1. The van der Waals surface area contributed by atoms with E-state index in [1.54, 1.807) is 20.0 Å². The number of carboxylic acid groups (broad SMARTS) is 1. The Balaban J connectivity index is 2.04. The fourth-order valence-corrected chi connectivity index (χ4v) is 4.97. The second-order valence-electron chi connectivity index (χ2n) is 11.8. The van der Waals surface area contributed by atoms with Crippen molar-refractivity contribution in [3.05, 3.63) is 36.0 Å². The Morgan fingerprint density at radius 2 is 1.40 bits per heavy atom. The molecule has 0 unspecified atom stereocenters. The number of aromatic nitrogens is 1. The molecule has 5 atom stereocenters. The monoisotopic (exact) mass is 598 g/mol. The summed E-state index contributed by atoms with van der Waals surface area (Å²) in [5.41, 5.74) is 1.56. The maximum atomic E-state index is 13.7. The van der Waals surface area contributed by atoms with E-state index < -0.39 is 72.1 Å². The van der Waals surface area contributed by atoms with Crippen LogP contribution < -0.4 is 26.6 Å². The molecule has 2 aromatic rings. The first kappa shape index (κ1) is 33.1. The number of hydrogen-bond acceptors (Lipinski definition) is 6. The molecule has 1 aliphatic rings. The lowest BCUT2D eigenvalue weighted by Crippen LogP contribution is -2.59. The molecular formula is C30H42N6O7. The molecule has 13 heteroatoms. The number of hydrogen-bond donors (Lipinski definition) is 7. The van der Waals surface area contributed by atoms with Crippen LogP contribution in [0.25, 0.3) is 10.9 Å². The topological polar surface area (TPSA) is 199 Å². The molecule has 1 aromatic heterocycles. The summed E-state index contributed by atoms with van der Waals surface area (Å²) in [7, 11) is 0. The minimum atomic E-state index is -1.31. The molecule has 0 spiro atoms. The zero-order chi connectivity index (χ0) is 31.8. The lowest BCUT2D eigenvalue weighted by molar-refractivity contribution is -0.138. The Morgan fingerprint density at radius 3 is 2.05 bits per heavy atom. The Bertz CT molecular complexity index is 1350. The third-order valence-electron chi connectivity index (χ3n) is 7.35. The molecule has 1 saturated heterocycles. The molecule has 1 aliphatic heterocycles. The van der Waals surface area contributed by atoms with Crippen LogP contribution in [0.4, 0.5) is 0 Å². The number of carbonyl (C=O) groups excluding carboxylic acids is 5. The van der Waals surface area contributed by atoms with Gasteiger partial charge in [0, 0.05) is 29.9 Å². The Labute approximate surface area is 250 Å². The number of benzene rings is 1. The molecule has 7 N–H and O–H groups in total. The van der Waals surface area contributed by atoms with Crippen LogP contribution in [-0.4, -0.2) is 75.8 Å². The first-order valence-electron chi connectivity index (χ1n) is 14.5. The van der Waals surface area contributed by atoms with E-state index in [9.17, 15) is 33.9 Å². The fraction of sp³-hybridized carbons (Fsp3) is 0.533. The van der Waals surface area contributed by atoms with Crippen LogP contribution in [0.2, 0.25) is 0 Å². The lowest BCUT2D eigenvalue weighted by atomic mass is 9.98. The molecule has 5 amide bonds.